The molecular formula is C11H10F2O. The van der Waals surface area contributed by atoms with E-state index < -0.39 is 13.0 Å². The molecule has 0 spiro atoms. The van der Waals surface area contributed by atoms with Gasteiger partial charge in [0.25, 0.3) is 6.43 Å². The second-order valence-corrected chi connectivity index (χ2v) is 2.82. The molecule has 1 aromatic rings. The second-order valence-electron chi connectivity index (χ2n) is 2.82. The predicted molar refractivity (Wildman–Crippen MR) is 50.6 cm³/mol. The van der Waals surface area contributed by atoms with E-state index in [2.05, 4.69) is 5.92 Å². The molecule has 0 aromatic heterocycles. The number of hydrogen-bond donors (Lipinski definition) is 0. The Hall–Kier alpha value is -1.56. The summed E-state index contributed by atoms with van der Waals surface area (Å²) in [5.74, 6) is 2.83. The minimum Gasteiger partial charge on any atom is -0.488 e. The molecule has 0 unspecified atom stereocenters. The van der Waals surface area contributed by atoms with Crippen LogP contribution in [0.5, 0.6) is 5.75 Å². The van der Waals surface area contributed by atoms with E-state index in [1.165, 1.54) is 0 Å². The smallest absolute Gasteiger partial charge is 0.272 e. The summed E-state index contributed by atoms with van der Waals surface area (Å²) in [6, 6.07) is 4.95. The van der Waals surface area contributed by atoms with E-state index in [9.17, 15) is 8.78 Å². The van der Waals surface area contributed by atoms with E-state index in [-0.39, 0.29) is 0 Å². The molecule has 0 aliphatic rings. The molecule has 1 aromatic carbocycles. The number of halogens is 2. The number of benzene rings is 1. The third-order valence-corrected chi connectivity index (χ3v) is 1.74. The summed E-state index contributed by atoms with van der Waals surface area (Å²) in [5, 5.41) is 0. The van der Waals surface area contributed by atoms with E-state index in [0.717, 1.165) is 5.56 Å². The van der Waals surface area contributed by atoms with Gasteiger partial charge < -0.3 is 4.74 Å². The van der Waals surface area contributed by atoms with Crippen LogP contribution in [0.25, 0.3) is 0 Å². The van der Waals surface area contributed by atoms with E-state index in [0.29, 0.717) is 11.3 Å². The zero-order valence-corrected chi connectivity index (χ0v) is 7.76. The lowest BCUT2D eigenvalue weighted by Gasteiger charge is -2.06. The maximum Gasteiger partial charge on any atom is 0.272 e. The van der Waals surface area contributed by atoms with E-state index in [4.69, 9.17) is 11.2 Å². The largest absolute Gasteiger partial charge is 0.488 e. The van der Waals surface area contributed by atoms with Crippen molar-refractivity contribution in [3.8, 4) is 18.1 Å². The molecule has 0 atom stereocenters. The second kappa shape index (κ2) is 4.61. The minimum absolute atomic E-state index is 0.379. The van der Waals surface area contributed by atoms with E-state index in [1.807, 2.05) is 6.92 Å². The molecular weight excluding hydrogens is 186 g/mol. The Morgan fingerprint density at radius 2 is 2.21 bits per heavy atom. The van der Waals surface area contributed by atoms with Crippen molar-refractivity contribution >= 4 is 0 Å². The zero-order valence-electron chi connectivity index (χ0n) is 7.76. The van der Waals surface area contributed by atoms with Gasteiger partial charge in [0.2, 0.25) is 0 Å². The van der Waals surface area contributed by atoms with Crippen LogP contribution in [-0.2, 0) is 0 Å². The molecule has 0 saturated heterocycles. The summed E-state index contributed by atoms with van der Waals surface area (Å²) >= 11 is 0. The molecule has 0 radical (unpaired) electrons. The fourth-order valence-corrected chi connectivity index (χ4v) is 1.01. The first-order chi connectivity index (χ1) is 6.63. The van der Waals surface area contributed by atoms with Gasteiger partial charge in [-0.05, 0) is 24.6 Å². The standard InChI is InChI=1S/C11H10F2O/c1-3-9-6-10(5-4-8(9)2)14-7-11(12)13/h1,4-6,11H,7H2,2H3. The lowest BCUT2D eigenvalue weighted by atomic mass is 10.1. The van der Waals surface area contributed by atoms with E-state index >= 15 is 0 Å². The monoisotopic (exact) mass is 196 g/mol. The molecule has 0 amide bonds. The highest BCUT2D eigenvalue weighted by Gasteiger charge is 2.04. The summed E-state index contributed by atoms with van der Waals surface area (Å²) in [5.41, 5.74) is 1.59. The minimum atomic E-state index is -2.47. The molecule has 0 N–H and O–H groups in total. The first-order valence-electron chi connectivity index (χ1n) is 4.11. The van der Waals surface area contributed by atoms with Crippen LogP contribution in [0.2, 0.25) is 0 Å². The molecule has 0 saturated carbocycles. The van der Waals surface area contributed by atoms with Gasteiger partial charge >= 0.3 is 0 Å². The van der Waals surface area contributed by atoms with Crippen LogP contribution in [0.15, 0.2) is 18.2 Å². The third kappa shape index (κ3) is 2.74. The van der Waals surface area contributed by atoms with E-state index in [1.54, 1.807) is 18.2 Å². The SMILES string of the molecule is C#Cc1cc(OCC(F)F)ccc1C. The van der Waals surface area contributed by atoms with Gasteiger partial charge in [0, 0.05) is 5.56 Å². The van der Waals surface area contributed by atoms with Crippen LogP contribution >= 0.6 is 0 Å². The molecule has 1 nitrogen and oxygen atoms in total. The molecule has 0 heterocycles. The molecule has 0 aliphatic carbocycles. The third-order valence-electron chi connectivity index (χ3n) is 1.74. The topological polar surface area (TPSA) is 9.23 Å². The van der Waals surface area contributed by atoms with Gasteiger partial charge in [-0.25, -0.2) is 8.78 Å². The van der Waals surface area contributed by atoms with Gasteiger partial charge in [0.15, 0.2) is 0 Å². The van der Waals surface area contributed by atoms with Gasteiger partial charge in [-0.15, -0.1) is 6.42 Å². The number of hydrogen-bond acceptors (Lipinski definition) is 1. The Balaban J connectivity index is 2.76. The molecule has 14 heavy (non-hydrogen) atoms. The van der Waals surface area contributed by atoms with Gasteiger partial charge in [-0.1, -0.05) is 12.0 Å². The van der Waals surface area contributed by atoms with Crippen LogP contribution < -0.4 is 4.74 Å². The summed E-state index contributed by atoms with van der Waals surface area (Å²) in [4.78, 5) is 0. The Morgan fingerprint density at radius 1 is 1.50 bits per heavy atom. The van der Waals surface area contributed by atoms with Crippen LogP contribution in [0.3, 0.4) is 0 Å². The van der Waals surface area contributed by atoms with Crippen molar-refractivity contribution in [3.63, 3.8) is 0 Å². The fourth-order valence-electron chi connectivity index (χ4n) is 1.01. The van der Waals surface area contributed by atoms with Crippen molar-refractivity contribution in [2.75, 3.05) is 6.61 Å². The Kier molecular flexibility index (Phi) is 3.47. The zero-order chi connectivity index (χ0) is 10.6. The lowest BCUT2D eigenvalue weighted by Crippen LogP contribution is -2.07. The van der Waals surface area contributed by atoms with Crippen LogP contribution in [0.1, 0.15) is 11.1 Å². The Bertz CT molecular complexity index is 353. The quantitative estimate of drug-likeness (QED) is 0.675. The molecule has 74 valence electrons. The normalized spacial score (nSPS) is 9.93. The number of aryl methyl sites for hydroxylation is 1. The maximum atomic E-state index is 11.8. The van der Waals surface area contributed by atoms with Crippen molar-refractivity contribution in [1.82, 2.24) is 0 Å². The average Bonchev–Trinajstić information content (AvgIpc) is 2.16. The number of terminal acetylenes is 1. The van der Waals surface area contributed by atoms with Crippen LogP contribution in [-0.4, -0.2) is 13.0 Å². The Labute approximate surface area is 81.7 Å². The van der Waals surface area contributed by atoms with Gasteiger partial charge in [-0.2, -0.15) is 0 Å². The molecule has 3 heteroatoms. The Morgan fingerprint density at radius 3 is 2.79 bits per heavy atom. The number of rotatable bonds is 3. The van der Waals surface area contributed by atoms with Crippen LogP contribution in [0, 0.1) is 19.3 Å². The van der Waals surface area contributed by atoms with Crippen molar-refractivity contribution in [3.05, 3.63) is 29.3 Å². The highest BCUT2D eigenvalue weighted by atomic mass is 19.3. The number of ether oxygens (including phenoxy) is 1. The molecule has 0 fully saturated rings. The van der Waals surface area contributed by atoms with Crippen molar-refractivity contribution in [2.45, 2.75) is 13.3 Å². The van der Waals surface area contributed by atoms with Gasteiger partial charge in [-0.3, -0.25) is 0 Å². The first kappa shape index (κ1) is 10.5. The summed E-state index contributed by atoms with van der Waals surface area (Å²) in [6.45, 7) is 1.25. The van der Waals surface area contributed by atoms with Crippen molar-refractivity contribution in [2.24, 2.45) is 0 Å². The highest BCUT2D eigenvalue weighted by Crippen LogP contribution is 2.16. The maximum absolute atomic E-state index is 11.8. The number of alkyl halides is 2. The molecule has 0 bridgehead atoms. The van der Waals surface area contributed by atoms with Crippen LogP contribution in [0.4, 0.5) is 8.78 Å². The summed E-state index contributed by atoms with van der Waals surface area (Å²) in [6.07, 6.45) is 2.75. The van der Waals surface area contributed by atoms with Gasteiger partial charge in [0.1, 0.15) is 12.4 Å². The molecule has 1 rings (SSSR count). The summed E-state index contributed by atoms with van der Waals surface area (Å²) < 4.78 is 28.5. The molecule has 0 aliphatic heterocycles. The summed E-state index contributed by atoms with van der Waals surface area (Å²) in [7, 11) is 0. The van der Waals surface area contributed by atoms with Crippen molar-refractivity contribution in [1.29, 1.82) is 0 Å². The van der Waals surface area contributed by atoms with Gasteiger partial charge in [0.05, 0.1) is 0 Å². The average molecular weight is 196 g/mol. The first-order valence-corrected chi connectivity index (χ1v) is 4.11. The lowest BCUT2D eigenvalue weighted by molar-refractivity contribution is 0.0819. The fraction of sp³-hybridized carbons (Fsp3) is 0.273. The predicted octanol–water partition coefficient (Wildman–Crippen LogP) is 2.62. The highest BCUT2D eigenvalue weighted by molar-refractivity contribution is 5.44. The van der Waals surface area contributed by atoms with Crippen molar-refractivity contribution < 1.29 is 13.5 Å².